The third kappa shape index (κ3) is 2.38. The summed E-state index contributed by atoms with van der Waals surface area (Å²) in [6, 6.07) is 0. The number of amides is 1. The number of hydrogen-bond acceptors (Lipinski definition) is 3. The van der Waals surface area contributed by atoms with E-state index >= 15 is 0 Å². The first-order chi connectivity index (χ1) is 7.78. The van der Waals surface area contributed by atoms with Gasteiger partial charge in [-0.15, -0.1) is 0 Å². The Morgan fingerprint density at radius 3 is 2.75 bits per heavy atom. The molecule has 1 atom stereocenters. The summed E-state index contributed by atoms with van der Waals surface area (Å²) in [6.45, 7) is 6.01. The fourth-order valence-corrected chi connectivity index (χ4v) is 3.61. The molecule has 2 fully saturated rings. The van der Waals surface area contributed by atoms with Crippen molar-refractivity contribution in [2.24, 2.45) is 5.41 Å². The van der Waals surface area contributed by atoms with Crippen molar-refractivity contribution in [2.45, 2.75) is 26.2 Å². The van der Waals surface area contributed by atoms with Crippen LogP contribution in [0.4, 0.5) is 0 Å². The molecular formula is C12H22N2OS. The number of hydrogen-bond donors (Lipinski definition) is 1. The van der Waals surface area contributed by atoms with E-state index in [1.165, 1.54) is 0 Å². The first-order valence-electron chi connectivity index (χ1n) is 6.36. The highest BCUT2D eigenvalue weighted by atomic mass is 32.2. The van der Waals surface area contributed by atoms with Gasteiger partial charge in [0.2, 0.25) is 5.91 Å². The second kappa shape index (κ2) is 5.41. The van der Waals surface area contributed by atoms with Gasteiger partial charge < -0.3 is 10.2 Å². The van der Waals surface area contributed by atoms with E-state index in [2.05, 4.69) is 17.1 Å². The number of piperidine rings is 1. The minimum Gasteiger partial charge on any atom is -0.341 e. The Balaban J connectivity index is 2.04. The van der Waals surface area contributed by atoms with Gasteiger partial charge in [-0.05, 0) is 25.8 Å². The molecule has 1 unspecified atom stereocenters. The summed E-state index contributed by atoms with van der Waals surface area (Å²) >= 11 is 1.96. The van der Waals surface area contributed by atoms with Crippen molar-refractivity contribution in [2.75, 3.05) is 37.7 Å². The summed E-state index contributed by atoms with van der Waals surface area (Å²) in [7, 11) is 0. The van der Waals surface area contributed by atoms with Gasteiger partial charge in [0, 0.05) is 31.1 Å². The molecule has 92 valence electrons. The van der Waals surface area contributed by atoms with Crippen molar-refractivity contribution in [3.63, 3.8) is 0 Å². The maximum Gasteiger partial charge on any atom is 0.230 e. The number of rotatable bonds is 2. The van der Waals surface area contributed by atoms with Gasteiger partial charge in [-0.1, -0.05) is 6.92 Å². The molecule has 3 nitrogen and oxygen atoms in total. The Labute approximate surface area is 102 Å². The minimum atomic E-state index is -0.0970. The van der Waals surface area contributed by atoms with Crippen LogP contribution in [0.5, 0.6) is 0 Å². The molecule has 4 heteroatoms. The highest BCUT2D eigenvalue weighted by Crippen LogP contribution is 2.33. The summed E-state index contributed by atoms with van der Waals surface area (Å²) in [6.07, 6.45) is 3.18. The third-order valence-corrected chi connectivity index (χ3v) is 4.84. The van der Waals surface area contributed by atoms with Crippen molar-refractivity contribution in [1.29, 1.82) is 0 Å². The van der Waals surface area contributed by atoms with E-state index in [4.69, 9.17) is 0 Å². The zero-order chi connectivity index (χ0) is 11.4. The second-order valence-corrected chi connectivity index (χ2v) is 6.04. The summed E-state index contributed by atoms with van der Waals surface area (Å²) in [4.78, 5) is 14.7. The molecule has 0 spiro atoms. The average molecular weight is 242 g/mol. The maximum atomic E-state index is 12.6. The maximum absolute atomic E-state index is 12.6. The lowest BCUT2D eigenvalue weighted by Crippen LogP contribution is -2.53. The molecule has 0 bridgehead atoms. The Morgan fingerprint density at radius 2 is 2.19 bits per heavy atom. The zero-order valence-electron chi connectivity index (χ0n) is 10.1. The van der Waals surface area contributed by atoms with Crippen LogP contribution in [0.3, 0.4) is 0 Å². The van der Waals surface area contributed by atoms with Gasteiger partial charge in [-0.3, -0.25) is 4.79 Å². The summed E-state index contributed by atoms with van der Waals surface area (Å²) < 4.78 is 0. The molecule has 16 heavy (non-hydrogen) atoms. The molecular weight excluding hydrogens is 220 g/mol. The topological polar surface area (TPSA) is 32.3 Å². The summed E-state index contributed by atoms with van der Waals surface area (Å²) in [5.74, 6) is 2.63. The predicted molar refractivity (Wildman–Crippen MR) is 68.7 cm³/mol. The second-order valence-electron chi connectivity index (χ2n) is 4.82. The van der Waals surface area contributed by atoms with E-state index in [1.54, 1.807) is 0 Å². The van der Waals surface area contributed by atoms with E-state index < -0.39 is 0 Å². The Morgan fingerprint density at radius 1 is 1.44 bits per heavy atom. The standard InChI is InChI=1S/C12H22N2OS/c1-2-12(4-3-5-13-10-12)11(15)14-6-8-16-9-7-14/h13H,2-10H2,1H3. The van der Waals surface area contributed by atoms with Crippen LogP contribution in [-0.2, 0) is 4.79 Å². The molecule has 2 rings (SSSR count). The van der Waals surface area contributed by atoms with E-state index in [0.717, 1.165) is 56.9 Å². The van der Waals surface area contributed by atoms with Gasteiger partial charge >= 0.3 is 0 Å². The van der Waals surface area contributed by atoms with Crippen molar-refractivity contribution < 1.29 is 4.79 Å². The van der Waals surface area contributed by atoms with Crippen LogP contribution in [-0.4, -0.2) is 48.5 Å². The number of carbonyl (C=O) groups excluding carboxylic acids is 1. The highest BCUT2D eigenvalue weighted by molar-refractivity contribution is 7.99. The summed E-state index contributed by atoms with van der Waals surface area (Å²) in [5.41, 5.74) is -0.0970. The van der Waals surface area contributed by atoms with Crippen LogP contribution in [0.2, 0.25) is 0 Å². The molecule has 0 aliphatic carbocycles. The van der Waals surface area contributed by atoms with Crippen molar-refractivity contribution in [3.05, 3.63) is 0 Å². The van der Waals surface area contributed by atoms with E-state index in [-0.39, 0.29) is 5.41 Å². The Bertz CT molecular complexity index is 245. The molecule has 0 saturated carbocycles. The molecule has 2 heterocycles. The quantitative estimate of drug-likeness (QED) is 0.793. The van der Waals surface area contributed by atoms with E-state index in [1.807, 2.05) is 11.8 Å². The Hall–Kier alpha value is -0.220. The normalized spacial score (nSPS) is 31.4. The van der Waals surface area contributed by atoms with Gasteiger partial charge in [0.1, 0.15) is 0 Å². The average Bonchev–Trinajstić information content (AvgIpc) is 2.39. The van der Waals surface area contributed by atoms with Gasteiger partial charge in [0.15, 0.2) is 0 Å². The smallest absolute Gasteiger partial charge is 0.230 e. The monoisotopic (exact) mass is 242 g/mol. The largest absolute Gasteiger partial charge is 0.341 e. The van der Waals surface area contributed by atoms with Crippen molar-refractivity contribution in [3.8, 4) is 0 Å². The zero-order valence-corrected chi connectivity index (χ0v) is 10.9. The number of thioether (sulfide) groups is 1. The van der Waals surface area contributed by atoms with Crippen LogP contribution >= 0.6 is 11.8 Å². The van der Waals surface area contributed by atoms with Gasteiger partial charge in [0.25, 0.3) is 0 Å². The predicted octanol–water partition coefficient (Wildman–Crippen LogP) is 1.34. The first kappa shape index (κ1) is 12.2. The van der Waals surface area contributed by atoms with Crippen molar-refractivity contribution >= 4 is 17.7 Å². The van der Waals surface area contributed by atoms with Gasteiger partial charge in [0.05, 0.1) is 5.41 Å². The van der Waals surface area contributed by atoms with Crippen LogP contribution in [0.25, 0.3) is 0 Å². The van der Waals surface area contributed by atoms with Gasteiger partial charge in [-0.25, -0.2) is 0 Å². The van der Waals surface area contributed by atoms with Gasteiger partial charge in [-0.2, -0.15) is 11.8 Å². The fraction of sp³-hybridized carbons (Fsp3) is 0.917. The van der Waals surface area contributed by atoms with Crippen LogP contribution in [0, 0.1) is 5.41 Å². The van der Waals surface area contributed by atoms with Crippen LogP contribution in [0.1, 0.15) is 26.2 Å². The highest BCUT2D eigenvalue weighted by Gasteiger charge is 2.40. The van der Waals surface area contributed by atoms with E-state index in [0.29, 0.717) is 5.91 Å². The number of carbonyl (C=O) groups is 1. The third-order valence-electron chi connectivity index (χ3n) is 3.90. The molecule has 1 N–H and O–H groups in total. The van der Waals surface area contributed by atoms with Crippen LogP contribution in [0.15, 0.2) is 0 Å². The molecule has 0 aromatic carbocycles. The molecule has 0 radical (unpaired) electrons. The molecule has 0 aromatic rings. The molecule has 0 aromatic heterocycles. The number of nitrogens with zero attached hydrogens (tertiary/aromatic N) is 1. The lowest BCUT2D eigenvalue weighted by molar-refractivity contribution is -0.143. The Kier molecular flexibility index (Phi) is 4.14. The minimum absolute atomic E-state index is 0.0970. The number of nitrogens with one attached hydrogen (secondary N) is 1. The molecule has 1 amide bonds. The first-order valence-corrected chi connectivity index (χ1v) is 7.52. The van der Waals surface area contributed by atoms with Crippen molar-refractivity contribution in [1.82, 2.24) is 10.2 Å². The lowest BCUT2D eigenvalue weighted by Gasteiger charge is -2.40. The van der Waals surface area contributed by atoms with Crippen LogP contribution < -0.4 is 5.32 Å². The van der Waals surface area contributed by atoms with E-state index in [9.17, 15) is 4.79 Å². The molecule has 2 aliphatic heterocycles. The summed E-state index contributed by atoms with van der Waals surface area (Å²) in [5, 5.41) is 3.39. The molecule has 2 aliphatic rings. The fourth-order valence-electron chi connectivity index (χ4n) is 2.71. The lowest BCUT2D eigenvalue weighted by atomic mass is 9.77. The SMILES string of the molecule is CCC1(C(=O)N2CCSCC2)CCCNC1. The molecule has 2 saturated heterocycles.